The Hall–Kier alpha value is -0.160. The summed E-state index contributed by atoms with van der Waals surface area (Å²) >= 11 is 1.57. The molecule has 0 spiro atoms. The Bertz CT molecular complexity index is 142. The third-order valence-electron chi connectivity index (χ3n) is 0.767. The average Bonchev–Trinajstić information content (AvgIpc) is 2.19. The van der Waals surface area contributed by atoms with Gasteiger partial charge in [0.05, 0.1) is 17.7 Å². The van der Waals surface area contributed by atoms with Gasteiger partial charge in [0.2, 0.25) is 0 Å². The van der Waals surface area contributed by atoms with Crippen molar-refractivity contribution in [3.8, 4) is 0 Å². The number of aromatic nitrogens is 1. The SMILES string of the molecule is Cl.NNCc1cscn1. The lowest BCUT2D eigenvalue weighted by Gasteiger charge is -1.88. The first-order valence-corrected chi connectivity index (χ1v) is 3.18. The number of hydrazine groups is 1. The second-order valence-corrected chi connectivity index (χ2v) is 2.08. The van der Waals surface area contributed by atoms with E-state index in [1.54, 1.807) is 16.8 Å². The standard InChI is InChI=1S/C4H7N3S.ClH/c5-7-1-4-2-8-3-6-4;/h2-3,7H,1,5H2;1H. The zero-order chi connectivity index (χ0) is 5.82. The molecule has 1 heterocycles. The van der Waals surface area contributed by atoms with Crippen LogP contribution in [-0.2, 0) is 6.54 Å². The smallest absolute Gasteiger partial charge is 0.0795 e. The van der Waals surface area contributed by atoms with Crippen LogP contribution in [-0.4, -0.2) is 4.98 Å². The van der Waals surface area contributed by atoms with Crippen LogP contribution in [0.3, 0.4) is 0 Å². The largest absolute Gasteiger partial charge is 0.271 e. The lowest BCUT2D eigenvalue weighted by atomic mass is 10.5. The summed E-state index contributed by atoms with van der Waals surface area (Å²) in [6.45, 7) is 0.656. The Morgan fingerprint density at radius 1 is 1.78 bits per heavy atom. The molecule has 0 saturated carbocycles. The van der Waals surface area contributed by atoms with E-state index in [0.717, 1.165) is 5.69 Å². The summed E-state index contributed by atoms with van der Waals surface area (Å²) < 4.78 is 0. The average molecular weight is 166 g/mol. The van der Waals surface area contributed by atoms with Crippen molar-refractivity contribution in [2.24, 2.45) is 5.84 Å². The first kappa shape index (κ1) is 8.84. The molecule has 0 aliphatic rings. The molecule has 0 bridgehead atoms. The van der Waals surface area contributed by atoms with Crippen LogP contribution in [0, 0.1) is 0 Å². The molecule has 52 valence electrons. The predicted molar refractivity (Wildman–Crippen MR) is 40.4 cm³/mol. The molecule has 0 unspecified atom stereocenters. The summed E-state index contributed by atoms with van der Waals surface area (Å²) in [4.78, 5) is 3.98. The van der Waals surface area contributed by atoms with Gasteiger partial charge in [-0.05, 0) is 0 Å². The highest BCUT2D eigenvalue weighted by Crippen LogP contribution is 1.98. The molecule has 9 heavy (non-hydrogen) atoms. The summed E-state index contributed by atoms with van der Waals surface area (Å²) in [5, 5.41) is 1.96. The molecule has 0 aliphatic carbocycles. The Balaban J connectivity index is 0.000000640. The van der Waals surface area contributed by atoms with Crippen LogP contribution >= 0.6 is 23.7 Å². The molecule has 3 nitrogen and oxygen atoms in total. The predicted octanol–water partition coefficient (Wildman–Crippen LogP) is 0.528. The van der Waals surface area contributed by atoms with Gasteiger partial charge in [-0.25, -0.2) is 4.98 Å². The van der Waals surface area contributed by atoms with E-state index in [4.69, 9.17) is 5.84 Å². The second-order valence-electron chi connectivity index (χ2n) is 1.36. The van der Waals surface area contributed by atoms with Gasteiger partial charge in [0.1, 0.15) is 0 Å². The molecule has 0 saturated heterocycles. The second kappa shape index (κ2) is 4.69. The van der Waals surface area contributed by atoms with E-state index in [1.165, 1.54) is 0 Å². The molecule has 0 amide bonds. The van der Waals surface area contributed by atoms with Crippen LogP contribution < -0.4 is 11.3 Å². The van der Waals surface area contributed by atoms with E-state index in [2.05, 4.69) is 10.4 Å². The molecule has 1 aromatic heterocycles. The van der Waals surface area contributed by atoms with Crippen molar-refractivity contribution in [1.29, 1.82) is 0 Å². The fourth-order valence-corrected chi connectivity index (χ4v) is 0.988. The van der Waals surface area contributed by atoms with Gasteiger partial charge in [-0.3, -0.25) is 11.3 Å². The van der Waals surface area contributed by atoms with Gasteiger partial charge in [0.15, 0.2) is 0 Å². The summed E-state index contributed by atoms with van der Waals surface area (Å²) in [7, 11) is 0. The van der Waals surface area contributed by atoms with Crippen molar-refractivity contribution in [2.45, 2.75) is 6.54 Å². The summed E-state index contributed by atoms with van der Waals surface area (Å²) in [5.41, 5.74) is 5.30. The van der Waals surface area contributed by atoms with Gasteiger partial charge in [-0.2, -0.15) is 0 Å². The first-order chi connectivity index (χ1) is 3.93. The van der Waals surface area contributed by atoms with E-state index in [1.807, 2.05) is 5.38 Å². The maximum absolute atomic E-state index is 5.03. The fraction of sp³-hybridized carbons (Fsp3) is 0.250. The van der Waals surface area contributed by atoms with Crippen LogP contribution in [0.25, 0.3) is 0 Å². The topological polar surface area (TPSA) is 50.9 Å². The third kappa shape index (κ3) is 2.76. The van der Waals surface area contributed by atoms with Gasteiger partial charge in [-0.1, -0.05) is 0 Å². The molecule has 0 aliphatic heterocycles. The quantitative estimate of drug-likeness (QED) is 0.497. The van der Waals surface area contributed by atoms with E-state index in [0.29, 0.717) is 6.54 Å². The maximum Gasteiger partial charge on any atom is 0.0795 e. The normalized spacial score (nSPS) is 8.56. The summed E-state index contributed by atoms with van der Waals surface area (Å²) in [6, 6.07) is 0. The van der Waals surface area contributed by atoms with Gasteiger partial charge < -0.3 is 0 Å². The van der Waals surface area contributed by atoms with Gasteiger partial charge in [0, 0.05) is 5.38 Å². The number of thiazole rings is 1. The van der Waals surface area contributed by atoms with Gasteiger partial charge in [-0.15, -0.1) is 23.7 Å². The monoisotopic (exact) mass is 165 g/mol. The molecule has 0 aromatic carbocycles. The summed E-state index contributed by atoms with van der Waals surface area (Å²) in [5.74, 6) is 5.03. The van der Waals surface area contributed by atoms with Crippen LogP contribution in [0.1, 0.15) is 5.69 Å². The molecular weight excluding hydrogens is 158 g/mol. The lowest BCUT2D eigenvalue weighted by molar-refractivity contribution is 0.727. The molecule has 1 rings (SSSR count). The number of rotatable bonds is 2. The van der Waals surface area contributed by atoms with Crippen LogP contribution in [0.2, 0.25) is 0 Å². The highest BCUT2D eigenvalue weighted by molar-refractivity contribution is 7.07. The van der Waals surface area contributed by atoms with Crippen LogP contribution in [0.4, 0.5) is 0 Å². The molecule has 5 heteroatoms. The lowest BCUT2D eigenvalue weighted by Crippen LogP contribution is -2.20. The number of nitrogens with one attached hydrogen (secondary N) is 1. The zero-order valence-electron chi connectivity index (χ0n) is 4.70. The number of hydrogen-bond donors (Lipinski definition) is 2. The molecule has 1 aromatic rings. The van der Waals surface area contributed by atoms with E-state index < -0.39 is 0 Å². The zero-order valence-corrected chi connectivity index (χ0v) is 6.34. The Morgan fingerprint density at radius 2 is 2.56 bits per heavy atom. The minimum atomic E-state index is 0. The van der Waals surface area contributed by atoms with Crippen LogP contribution in [0.5, 0.6) is 0 Å². The van der Waals surface area contributed by atoms with Gasteiger partial charge >= 0.3 is 0 Å². The fourth-order valence-electron chi connectivity index (χ4n) is 0.429. The Kier molecular flexibility index (Phi) is 4.61. The Morgan fingerprint density at radius 3 is 3.00 bits per heavy atom. The van der Waals surface area contributed by atoms with Crippen molar-refractivity contribution in [2.75, 3.05) is 0 Å². The molecule has 0 fully saturated rings. The van der Waals surface area contributed by atoms with Crippen molar-refractivity contribution < 1.29 is 0 Å². The number of hydrogen-bond acceptors (Lipinski definition) is 4. The van der Waals surface area contributed by atoms with Crippen molar-refractivity contribution in [3.63, 3.8) is 0 Å². The number of nitrogens with zero attached hydrogens (tertiary/aromatic N) is 1. The first-order valence-electron chi connectivity index (χ1n) is 2.24. The highest BCUT2D eigenvalue weighted by atomic mass is 35.5. The molecule has 0 radical (unpaired) electrons. The minimum absolute atomic E-state index is 0. The van der Waals surface area contributed by atoms with Crippen molar-refractivity contribution in [1.82, 2.24) is 10.4 Å². The van der Waals surface area contributed by atoms with E-state index in [9.17, 15) is 0 Å². The minimum Gasteiger partial charge on any atom is -0.271 e. The van der Waals surface area contributed by atoms with Gasteiger partial charge in [0.25, 0.3) is 0 Å². The van der Waals surface area contributed by atoms with Crippen LogP contribution in [0.15, 0.2) is 10.9 Å². The van der Waals surface area contributed by atoms with E-state index in [-0.39, 0.29) is 12.4 Å². The molecule has 3 N–H and O–H groups in total. The molecule has 0 atom stereocenters. The summed E-state index contributed by atoms with van der Waals surface area (Å²) in [6.07, 6.45) is 0. The number of halogens is 1. The third-order valence-corrected chi connectivity index (χ3v) is 1.40. The van der Waals surface area contributed by atoms with Crippen molar-refractivity contribution >= 4 is 23.7 Å². The number of nitrogens with two attached hydrogens (primary N) is 1. The Labute approximate surface area is 63.7 Å². The van der Waals surface area contributed by atoms with Crippen molar-refractivity contribution in [3.05, 3.63) is 16.6 Å². The highest BCUT2D eigenvalue weighted by Gasteiger charge is 1.87. The maximum atomic E-state index is 5.03. The molecular formula is C4H8ClN3S. The van der Waals surface area contributed by atoms with E-state index >= 15 is 0 Å².